The highest BCUT2D eigenvalue weighted by Crippen LogP contribution is 2.33. The van der Waals surface area contributed by atoms with Crippen molar-refractivity contribution in [2.45, 2.75) is 25.4 Å². The van der Waals surface area contributed by atoms with E-state index in [4.69, 9.17) is 5.73 Å². The van der Waals surface area contributed by atoms with Crippen LogP contribution in [0.2, 0.25) is 0 Å². The average Bonchev–Trinajstić information content (AvgIpc) is 3.82. The standard InChI is InChI=1S/C29H21FN10O6/c30-16-5-1-12(7-18(16)35-22-21(31)23(41)24(22)42)10-32-27(44)20-9-19(37-28-33-11-34-40(20)28)26(43)36-17-6-3-13-8-14(2-4-15(13)17)25-38-29(45)46-39-25/h1-2,4-5,7-9,11,17,35H,3,6,10,31H2,(H,32,44)(H,36,43)(H,38,39,45)/t17-/m0/s1. The Balaban J connectivity index is 1.07. The van der Waals surface area contributed by atoms with E-state index in [-0.39, 0.29) is 46.8 Å². The van der Waals surface area contributed by atoms with Crippen LogP contribution >= 0.6 is 0 Å². The minimum atomic E-state index is -0.849. The first kappa shape index (κ1) is 28.3. The monoisotopic (exact) mass is 624 g/mol. The van der Waals surface area contributed by atoms with E-state index in [9.17, 15) is 28.4 Å². The number of halogens is 1. The zero-order valence-electron chi connectivity index (χ0n) is 23.5. The normalized spacial score (nSPS) is 14.0. The molecule has 0 saturated carbocycles. The van der Waals surface area contributed by atoms with Crippen molar-refractivity contribution in [3.8, 4) is 11.4 Å². The number of aromatic nitrogens is 6. The molecule has 3 aromatic heterocycles. The van der Waals surface area contributed by atoms with E-state index in [1.807, 2.05) is 12.1 Å². The maximum atomic E-state index is 14.4. The Morgan fingerprint density at radius 3 is 2.72 bits per heavy atom. The van der Waals surface area contributed by atoms with E-state index in [0.29, 0.717) is 29.8 Å². The molecule has 0 radical (unpaired) electrons. The second-order valence-corrected chi connectivity index (χ2v) is 10.5. The minimum Gasteiger partial charge on any atom is -0.394 e. The number of aromatic amines is 1. The summed E-state index contributed by atoms with van der Waals surface area (Å²) in [7, 11) is 0. The fourth-order valence-corrected chi connectivity index (χ4v) is 5.31. The van der Waals surface area contributed by atoms with Gasteiger partial charge in [-0.25, -0.2) is 14.2 Å². The molecule has 1 aliphatic rings. The molecule has 6 aromatic rings. The molecule has 7 rings (SSSR count). The fourth-order valence-electron chi connectivity index (χ4n) is 5.31. The third-order valence-corrected chi connectivity index (χ3v) is 7.65. The van der Waals surface area contributed by atoms with Crippen molar-refractivity contribution >= 4 is 34.7 Å². The number of carbonyl (C=O) groups is 2. The number of aryl methyl sites for hydroxylation is 1. The number of amides is 2. The topological polar surface area (TPSA) is 232 Å². The molecule has 0 fully saturated rings. The van der Waals surface area contributed by atoms with Gasteiger partial charge in [-0.1, -0.05) is 23.4 Å². The quantitative estimate of drug-likeness (QED) is 0.149. The van der Waals surface area contributed by atoms with E-state index in [0.717, 1.165) is 17.2 Å². The van der Waals surface area contributed by atoms with Crippen LogP contribution in [0.15, 0.2) is 67.7 Å². The van der Waals surface area contributed by atoms with Crippen LogP contribution in [0, 0.1) is 5.82 Å². The van der Waals surface area contributed by atoms with Crippen LogP contribution in [-0.4, -0.2) is 41.5 Å². The Kier molecular flexibility index (Phi) is 6.69. The summed E-state index contributed by atoms with van der Waals surface area (Å²) in [4.78, 5) is 71.9. The van der Waals surface area contributed by atoms with Crippen molar-refractivity contribution in [1.82, 2.24) is 40.4 Å². The lowest BCUT2D eigenvalue weighted by molar-refractivity contribution is 0.0931. The molecule has 0 aliphatic heterocycles. The van der Waals surface area contributed by atoms with Gasteiger partial charge in [-0.2, -0.15) is 14.6 Å². The number of nitrogens with two attached hydrogens (primary N) is 1. The number of rotatable bonds is 8. The lowest BCUT2D eigenvalue weighted by Gasteiger charge is -2.15. The number of nitrogen functional groups attached to an aromatic ring is 1. The number of hydrogen-bond donors (Lipinski definition) is 5. The number of carbonyl (C=O) groups excluding carboxylic acids is 2. The number of anilines is 3. The predicted octanol–water partition coefficient (Wildman–Crippen LogP) is 0.876. The molecule has 230 valence electrons. The first-order chi connectivity index (χ1) is 22.2. The first-order valence-corrected chi connectivity index (χ1v) is 13.8. The Bertz CT molecular complexity index is 2330. The van der Waals surface area contributed by atoms with Crippen LogP contribution in [-0.2, 0) is 13.0 Å². The van der Waals surface area contributed by atoms with Gasteiger partial charge in [0.2, 0.25) is 0 Å². The van der Waals surface area contributed by atoms with Crippen molar-refractivity contribution < 1.29 is 18.5 Å². The zero-order chi connectivity index (χ0) is 32.1. The molecule has 3 aromatic carbocycles. The third-order valence-electron chi connectivity index (χ3n) is 7.65. The van der Waals surface area contributed by atoms with Gasteiger partial charge in [0.15, 0.2) is 5.82 Å². The highest BCUT2D eigenvalue weighted by molar-refractivity contribution is 5.98. The molecular weight excluding hydrogens is 603 g/mol. The number of hydrogen-bond acceptors (Lipinski definition) is 12. The highest BCUT2D eigenvalue weighted by atomic mass is 19.1. The molecule has 2 amide bonds. The Morgan fingerprint density at radius 1 is 1.09 bits per heavy atom. The molecule has 0 bridgehead atoms. The molecule has 0 saturated heterocycles. The Labute approximate surface area is 255 Å². The number of benzene rings is 2. The number of nitrogens with zero attached hydrogens (tertiary/aromatic N) is 5. The van der Waals surface area contributed by atoms with Crippen molar-refractivity contribution in [2.24, 2.45) is 0 Å². The summed E-state index contributed by atoms with van der Waals surface area (Å²) in [6, 6.07) is 10.4. The van der Waals surface area contributed by atoms with Gasteiger partial charge in [-0.15, -0.1) is 0 Å². The van der Waals surface area contributed by atoms with Crippen LogP contribution in [0.3, 0.4) is 0 Å². The van der Waals surface area contributed by atoms with Crippen molar-refractivity contribution in [2.75, 3.05) is 11.1 Å². The van der Waals surface area contributed by atoms with Crippen LogP contribution < -0.4 is 38.3 Å². The van der Waals surface area contributed by atoms with E-state index in [1.54, 1.807) is 6.07 Å². The molecule has 17 heteroatoms. The van der Waals surface area contributed by atoms with Gasteiger partial charge in [0.05, 0.1) is 11.7 Å². The smallest absolute Gasteiger partial charge is 0.394 e. The van der Waals surface area contributed by atoms with E-state index >= 15 is 0 Å². The molecule has 6 N–H and O–H groups in total. The second-order valence-electron chi connectivity index (χ2n) is 10.5. The Morgan fingerprint density at radius 2 is 1.93 bits per heavy atom. The van der Waals surface area contributed by atoms with E-state index in [1.165, 1.54) is 29.0 Å². The maximum absolute atomic E-state index is 14.4. The lowest BCUT2D eigenvalue weighted by Crippen LogP contribution is -2.36. The predicted molar refractivity (Wildman–Crippen MR) is 158 cm³/mol. The molecule has 0 unspecified atom stereocenters. The number of fused-ring (bicyclic) bond motifs is 2. The van der Waals surface area contributed by atoms with Crippen molar-refractivity contribution in [1.29, 1.82) is 0 Å². The zero-order valence-corrected chi connectivity index (χ0v) is 23.5. The molecule has 0 spiro atoms. The Hall–Kier alpha value is -6.52. The van der Waals surface area contributed by atoms with Gasteiger partial charge < -0.3 is 21.7 Å². The van der Waals surface area contributed by atoms with Crippen LogP contribution in [0.5, 0.6) is 0 Å². The summed E-state index contributed by atoms with van der Waals surface area (Å²) < 4.78 is 20.2. The summed E-state index contributed by atoms with van der Waals surface area (Å²) in [6.45, 7) is -0.0711. The number of nitrogens with one attached hydrogen (secondary N) is 4. The maximum Gasteiger partial charge on any atom is 0.439 e. The third kappa shape index (κ3) is 4.94. The highest BCUT2D eigenvalue weighted by Gasteiger charge is 2.27. The van der Waals surface area contributed by atoms with Crippen molar-refractivity contribution in [3.05, 3.63) is 114 Å². The van der Waals surface area contributed by atoms with Gasteiger partial charge in [0, 0.05) is 18.2 Å². The van der Waals surface area contributed by atoms with Crippen LogP contribution in [0.25, 0.3) is 17.2 Å². The van der Waals surface area contributed by atoms with E-state index in [2.05, 4.69) is 45.7 Å². The minimum absolute atomic E-state index is 0.0229. The van der Waals surface area contributed by atoms with Gasteiger partial charge in [0.25, 0.3) is 28.4 Å². The molecule has 16 nitrogen and oxygen atoms in total. The van der Waals surface area contributed by atoms with Gasteiger partial charge in [-0.3, -0.25) is 28.7 Å². The summed E-state index contributed by atoms with van der Waals surface area (Å²) in [5.41, 5.74) is 6.14. The fraction of sp³-hybridized carbons (Fsp3) is 0.138. The second kappa shape index (κ2) is 10.9. The molecule has 3 heterocycles. The average molecular weight is 625 g/mol. The molecule has 1 atom stereocenters. The van der Waals surface area contributed by atoms with Crippen molar-refractivity contribution in [3.63, 3.8) is 0 Å². The van der Waals surface area contributed by atoms with Gasteiger partial charge in [0.1, 0.15) is 34.9 Å². The summed E-state index contributed by atoms with van der Waals surface area (Å²) >= 11 is 0. The van der Waals surface area contributed by atoms with E-state index < -0.39 is 34.2 Å². The molecule has 46 heavy (non-hydrogen) atoms. The van der Waals surface area contributed by atoms with Crippen LogP contribution in [0.1, 0.15) is 50.1 Å². The molecular formula is C29H21FN10O6. The lowest BCUT2D eigenvalue weighted by atomic mass is 10.0. The summed E-state index contributed by atoms with van der Waals surface area (Å²) in [5, 5.41) is 15.9. The largest absolute Gasteiger partial charge is 0.439 e. The summed E-state index contributed by atoms with van der Waals surface area (Å²) in [6.07, 6.45) is 2.47. The SMILES string of the molecule is Nc1c(Nc2cc(CNC(=O)c3cc(C(=O)N[C@H]4CCc5cc(-c6noc(=O)[nH]6)ccc54)nc4ncnn34)ccc2F)c(=O)c1=O. The first-order valence-electron chi connectivity index (χ1n) is 13.8. The summed E-state index contributed by atoms with van der Waals surface area (Å²) in [5.74, 6) is -2.19. The van der Waals surface area contributed by atoms with Crippen LogP contribution in [0.4, 0.5) is 21.5 Å². The number of H-pyrrole nitrogens is 1. The van der Waals surface area contributed by atoms with Gasteiger partial charge in [-0.05, 0) is 47.7 Å². The van der Waals surface area contributed by atoms with Gasteiger partial charge >= 0.3 is 5.76 Å². The molecule has 1 aliphatic carbocycles.